The van der Waals surface area contributed by atoms with Crippen LogP contribution in [0.25, 0.3) is 0 Å². The van der Waals surface area contributed by atoms with Crippen molar-refractivity contribution >= 4 is 46.6 Å². The Morgan fingerprint density at radius 2 is 1.32 bits per heavy atom. The minimum absolute atomic E-state index is 0.310. The van der Waals surface area contributed by atoms with Gasteiger partial charge in [0.05, 0.1) is 0 Å². The van der Waals surface area contributed by atoms with Crippen LogP contribution in [0.5, 0.6) is 0 Å². The molecule has 7 heteroatoms. The van der Waals surface area contributed by atoms with Gasteiger partial charge in [0.25, 0.3) is 0 Å². The van der Waals surface area contributed by atoms with Crippen LogP contribution in [-0.2, 0) is 22.4 Å². The molecule has 0 saturated heterocycles. The lowest BCUT2D eigenvalue weighted by atomic mass is 10.1. The molecule has 0 aliphatic rings. The minimum atomic E-state index is -0.666. The predicted molar refractivity (Wildman–Crippen MR) is 101 cm³/mol. The van der Waals surface area contributed by atoms with Gasteiger partial charge in [-0.3, -0.25) is 9.59 Å². The van der Waals surface area contributed by atoms with Gasteiger partial charge in [-0.25, -0.2) is 0 Å². The Labute approximate surface area is 161 Å². The first kappa shape index (κ1) is 19.6. The number of benzene rings is 2. The third-order valence-electron chi connectivity index (χ3n) is 3.51. The molecule has 25 heavy (non-hydrogen) atoms. The van der Waals surface area contributed by atoms with Crippen molar-refractivity contribution in [2.24, 2.45) is 0 Å². The first-order valence-electron chi connectivity index (χ1n) is 7.70. The molecule has 0 radical (unpaired) electrons. The highest BCUT2D eigenvalue weighted by Gasteiger charge is 2.12. The van der Waals surface area contributed by atoms with Crippen molar-refractivity contribution < 1.29 is 9.59 Å². The zero-order valence-electron chi connectivity index (χ0n) is 13.3. The van der Waals surface area contributed by atoms with Crippen LogP contribution < -0.4 is 10.6 Å². The third kappa shape index (κ3) is 6.58. The van der Waals surface area contributed by atoms with Gasteiger partial charge in [-0.15, -0.1) is 0 Å². The monoisotopic (exact) mass is 398 g/mol. The lowest BCUT2D eigenvalue weighted by Gasteiger charge is -2.08. The van der Waals surface area contributed by atoms with Crippen LogP contribution in [0.2, 0.25) is 15.1 Å². The van der Waals surface area contributed by atoms with Gasteiger partial charge >= 0.3 is 11.8 Å². The molecule has 2 aromatic rings. The van der Waals surface area contributed by atoms with E-state index in [-0.39, 0.29) is 0 Å². The van der Waals surface area contributed by atoms with E-state index in [2.05, 4.69) is 10.6 Å². The van der Waals surface area contributed by atoms with Gasteiger partial charge in [-0.05, 0) is 48.2 Å². The topological polar surface area (TPSA) is 58.2 Å². The molecule has 0 spiro atoms. The maximum absolute atomic E-state index is 11.8. The quantitative estimate of drug-likeness (QED) is 0.728. The fraction of sp³-hybridized carbons (Fsp3) is 0.222. The zero-order valence-corrected chi connectivity index (χ0v) is 15.6. The summed E-state index contributed by atoms with van der Waals surface area (Å²) in [5, 5.41) is 6.90. The van der Waals surface area contributed by atoms with E-state index in [0.29, 0.717) is 41.0 Å². The Kier molecular flexibility index (Phi) is 7.56. The highest BCUT2D eigenvalue weighted by molar-refractivity contribution is 6.35. The molecule has 0 unspecified atom stereocenters. The van der Waals surface area contributed by atoms with Crippen molar-refractivity contribution in [3.8, 4) is 0 Å². The molecule has 0 heterocycles. The molecule has 0 saturated carbocycles. The molecule has 0 atom stereocenters. The summed E-state index contributed by atoms with van der Waals surface area (Å²) < 4.78 is 0. The average Bonchev–Trinajstić information content (AvgIpc) is 2.58. The van der Waals surface area contributed by atoms with Crippen LogP contribution in [0.4, 0.5) is 0 Å². The second kappa shape index (κ2) is 9.66. The van der Waals surface area contributed by atoms with E-state index >= 15 is 0 Å². The average molecular weight is 400 g/mol. The Bertz CT molecular complexity index is 748. The third-order valence-corrected chi connectivity index (χ3v) is 4.35. The van der Waals surface area contributed by atoms with Crippen LogP contribution in [0, 0.1) is 0 Å². The number of hydrogen-bond donors (Lipinski definition) is 2. The summed E-state index contributed by atoms with van der Waals surface area (Å²) in [6.07, 6.45) is 1.14. The standard InChI is InChI=1S/C18H17Cl3N2O2/c19-14-4-1-12(2-5-14)7-9-22-17(24)18(25)23-10-8-13-3-6-15(20)11-16(13)21/h1-6,11H,7-10H2,(H,22,24)(H,23,25). The van der Waals surface area contributed by atoms with Crippen molar-refractivity contribution in [1.82, 2.24) is 10.6 Å². The molecule has 0 aliphatic carbocycles. The first-order valence-corrected chi connectivity index (χ1v) is 8.83. The van der Waals surface area contributed by atoms with Gasteiger partial charge in [0, 0.05) is 28.2 Å². The van der Waals surface area contributed by atoms with Gasteiger partial charge < -0.3 is 10.6 Å². The van der Waals surface area contributed by atoms with Gasteiger partial charge in [-0.1, -0.05) is 53.0 Å². The number of amides is 2. The largest absolute Gasteiger partial charge is 0.348 e. The lowest BCUT2D eigenvalue weighted by Crippen LogP contribution is -2.41. The lowest BCUT2D eigenvalue weighted by molar-refractivity contribution is -0.139. The van der Waals surface area contributed by atoms with Crippen LogP contribution >= 0.6 is 34.8 Å². The summed E-state index contributed by atoms with van der Waals surface area (Å²) in [6, 6.07) is 12.5. The number of carbonyl (C=O) groups excluding carboxylic acids is 2. The molecule has 0 bridgehead atoms. The highest BCUT2D eigenvalue weighted by Crippen LogP contribution is 2.21. The molecule has 2 aromatic carbocycles. The summed E-state index contributed by atoms with van der Waals surface area (Å²) in [7, 11) is 0. The Morgan fingerprint density at radius 1 is 0.760 bits per heavy atom. The summed E-state index contributed by atoms with van der Waals surface area (Å²) >= 11 is 17.7. The smallest absolute Gasteiger partial charge is 0.309 e. The molecule has 2 amide bonds. The van der Waals surface area contributed by atoms with Gasteiger partial charge in [0.15, 0.2) is 0 Å². The molecule has 2 N–H and O–H groups in total. The molecule has 4 nitrogen and oxygen atoms in total. The van der Waals surface area contributed by atoms with Crippen molar-refractivity contribution in [2.45, 2.75) is 12.8 Å². The molecule has 0 fully saturated rings. The van der Waals surface area contributed by atoms with E-state index in [1.165, 1.54) is 0 Å². The van der Waals surface area contributed by atoms with Gasteiger partial charge in [0.2, 0.25) is 0 Å². The minimum Gasteiger partial charge on any atom is -0.348 e. The Balaban J connectivity index is 1.69. The van der Waals surface area contributed by atoms with Gasteiger partial charge in [-0.2, -0.15) is 0 Å². The Morgan fingerprint density at radius 3 is 1.92 bits per heavy atom. The number of rotatable bonds is 6. The van der Waals surface area contributed by atoms with Crippen LogP contribution in [0.1, 0.15) is 11.1 Å². The zero-order chi connectivity index (χ0) is 18.2. The number of hydrogen-bond acceptors (Lipinski definition) is 2. The van der Waals surface area contributed by atoms with Crippen LogP contribution in [0.15, 0.2) is 42.5 Å². The summed E-state index contributed by atoms with van der Waals surface area (Å²) in [5.41, 5.74) is 1.89. The maximum atomic E-state index is 11.8. The molecule has 132 valence electrons. The predicted octanol–water partition coefficient (Wildman–Crippen LogP) is 3.66. The van der Waals surface area contributed by atoms with E-state index in [1.807, 2.05) is 12.1 Å². The van der Waals surface area contributed by atoms with Gasteiger partial charge in [0.1, 0.15) is 0 Å². The molecule has 0 aliphatic heterocycles. The second-order valence-electron chi connectivity index (χ2n) is 5.37. The number of carbonyl (C=O) groups is 2. The summed E-state index contributed by atoms with van der Waals surface area (Å²) in [6.45, 7) is 0.682. The van der Waals surface area contributed by atoms with Crippen molar-refractivity contribution in [1.29, 1.82) is 0 Å². The summed E-state index contributed by atoms with van der Waals surface area (Å²) in [5.74, 6) is -1.32. The van der Waals surface area contributed by atoms with E-state index in [1.54, 1.807) is 30.3 Å². The van der Waals surface area contributed by atoms with Crippen molar-refractivity contribution in [3.05, 3.63) is 68.7 Å². The van der Waals surface area contributed by atoms with E-state index in [9.17, 15) is 9.59 Å². The molecule has 0 aromatic heterocycles. The van der Waals surface area contributed by atoms with Crippen molar-refractivity contribution in [2.75, 3.05) is 13.1 Å². The normalized spacial score (nSPS) is 10.4. The fourth-order valence-electron chi connectivity index (χ4n) is 2.17. The highest BCUT2D eigenvalue weighted by atomic mass is 35.5. The fourth-order valence-corrected chi connectivity index (χ4v) is 2.80. The molecule has 2 rings (SSSR count). The first-order chi connectivity index (χ1) is 12.0. The maximum Gasteiger partial charge on any atom is 0.309 e. The van der Waals surface area contributed by atoms with Crippen molar-refractivity contribution in [3.63, 3.8) is 0 Å². The number of nitrogens with one attached hydrogen (secondary N) is 2. The second-order valence-corrected chi connectivity index (χ2v) is 6.65. The molecular formula is C18H17Cl3N2O2. The number of halogens is 3. The van der Waals surface area contributed by atoms with E-state index in [4.69, 9.17) is 34.8 Å². The van der Waals surface area contributed by atoms with Crippen LogP contribution in [-0.4, -0.2) is 24.9 Å². The summed E-state index contributed by atoms with van der Waals surface area (Å²) in [4.78, 5) is 23.5. The molecular weight excluding hydrogens is 383 g/mol. The SMILES string of the molecule is O=C(NCCc1ccc(Cl)cc1)C(=O)NCCc1ccc(Cl)cc1Cl. The van der Waals surface area contributed by atoms with Crippen LogP contribution in [0.3, 0.4) is 0 Å². The van der Waals surface area contributed by atoms with E-state index in [0.717, 1.165) is 11.1 Å². The Hall–Kier alpha value is -1.75. The van der Waals surface area contributed by atoms with E-state index < -0.39 is 11.8 Å².